The molecule has 1 unspecified atom stereocenters. The summed E-state index contributed by atoms with van der Waals surface area (Å²) < 4.78 is 0. The van der Waals surface area contributed by atoms with Crippen molar-refractivity contribution in [2.45, 2.75) is 52.6 Å². The van der Waals surface area contributed by atoms with Crippen LogP contribution in [-0.2, 0) is 0 Å². The molecule has 1 atom stereocenters. The van der Waals surface area contributed by atoms with Gasteiger partial charge >= 0.3 is 0 Å². The van der Waals surface area contributed by atoms with Crippen LogP contribution in [0, 0.1) is 12.8 Å². The van der Waals surface area contributed by atoms with Crippen molar-refractivity contribution < 1.29 is 5.11 Å². The summed E-state index contributed by atoms with van der Waals surface area (Å²) in [5.74, 6) is 0.414. The molecule has 0 saturated heterocycles. The molecule has 1 N–H and O–H groups in total. The van der Waals surface area contributed by atoms with Gasteiger partial charge in [0.15, 0.2) is 0 Å². The molecule has 0 aromatic heterocycles. The minimum Gasteiger partial charge on any atom is -0.388 e. The molecule has 1 rings (SSSR count). The van der Waals surface area contributed by atoms with Crippen LogP contribution in [0.4, 0.5) is 0 Å². The van der Waals surface area contributed by atoms with Crippen molar-refractivity contribution in [1.82, 2.24) is 0 Å². The molecule has 1 aromatic rings. The lowest BCUT2D eigenvalue weighted by molar-refractivity contribution is 0.0964. The van der Waals surface area contributed by atoms with Gasteiger partial charge in [-0.1, -0.05) is 56.5 Å². The highest BCUT2D eigenvalue weighted by Gasteiger charge is 2.19. The maximum absolute atomic E-state index is 10.4. The zero-order valence-electron chi connectivity index (χ0n) is 10.7. The Morgan fingerprint density at radius 3 is 2.25 bits per heavy atom. The van der Waals surface area contributed by atoms with Crippen LogP contribution in [0.1, 0.15) is 56.8 Å². The van der Waals surface area contributed by atoms with Crippen LogP contribution in [0.15, 0.2) is 24.3 Å². The summed E-state index contributed by atoms with van der Waals surface area (Å²) in [5, 5.41) is 10.4. The Hall–Kier alpha value is -0.820. The maximum atomic E-state index is 10.4. The number of aryl methyl sites for hydroxylation is 1. The molecular weight excluding hydrogens is 196 g/mol. The Labute approximate surface area is 99.5 Å². The molecule has 1 heteroatoms. The quantitative estimate of drug-likeness (QED) is 0.760. The van der Waals surface area contributed by atoms with Crippen molar-refractivity contribution >= 4 is 0 Å². The Morgan fingerprint density at radius 1 is 1.12 bits per heavy atom. The van der Waals surface area contributed by atoms with Crippen LogP contribution in [0.3, 0.4) is 0 Å². The average molecular weight is 220 g/mol. The first-order valence-corrected chi connectivity index (χ1v) is 6.43. The summed E-state index contributed by atoms with van der Waals surface area (Å²) in [5.41, 5.74) is 2.30. The van der Waals surface area contributed by atoms with E-state index in [1.165, 1.54) is 5.56 Å². The van der Waals surface area contributed by atoms with Crippen molar-refractivity contribution in [3.8, 4) is 0 Å². The summed E-state index contributed by atoms with van der Waals surface area (Å²) in [7, 11) is 0. The fourth-order valence-electron chi connectivity index (χ4n) is 2.33. The van der Waals surface area contributed by atoms with Crippen LogP contribution in [0.2, 0.25) is 0 Å². The molecular formula is C15H24O. The van der Waals surface area contributed by atoms with Crippen LogP contribution in [0.25, 0.3) is 0 Å². The number of aliphatic hydroxyl groups is 1. The van der Waals surface area contributed by atoms with Gasteiger partial charge in [0.1, 0.15) is 0 Å². The van der Waals surface area contributed by atoms with Gasteiger partial charge in [0.25, 0.3) is 0 Å². The first-order valence-electron chi connectivity index (χ1n) is 6.43. The van der Waals surface area contributed by atoms with Gasteiger partial charge in [-0.2, -0.15) is 0 Å². The lowest BCUT2D eigenvalue weighted by atomic mass is 9.88. The number of hydrogen-bond acceptors (Lipinski definition) is 1. The van der Waals surface area contributed by atoms with Gasteiger partial charge in [0, 0.05) is 0 Å². The smallest absolute Gasteiger partial charge is 0.0818 e. The van der Waals surface area contributed by atoms with E-state index in [2.05, 4.69) is 32.9 Å². The molecule has 0 bridgehead atoms. The molecule has 1 nitrogen and oxygen atoms in total. The highest BCUT2D eigenvalue weighted by Crippen LogP contribution is 2.29. The van der Waals surface area contributed by atoms with Crippen molar-refractivity contribution in [3.05, 3.63) is 35.4 Å². The largest absolute Gasteiger partial charge is 0.388 e. The molecule has 0 amide bonds. The third kappa shape index (κ3) is 3.64. The molecule has 0 heterocycles. The lowest BCUT2D eigenvalue weighted by Gasteiger charge is -2.22. The number of hydrogen-bond donors (Lipinski definition) is 1. The second-order valence-corrected chi connectivity index (χ2v) is 4.70. The monoisotopic (exact) mass is 220 g/mol. The van der Waals surface area contributed by atoms with E-state index in [0.29, 0.717) is 5.92 Å². The molecule has 0 saturated carbocycles. The Kier molecular flexibility index (Phi) is 5.54. The molecule has 0 aliphatic rings. The molecule has 1 aromatic carbocycles. The maximum Gasteiger partial charge on any atom is 0.0818 e. The third-order valence-electron chi connectivity index (χ3n) is 3.15. The Balaban J connectivity index is 2.76. The van der Waals surface area contributed by atoms with E-state index in [-0.39, 0.29) is 6.10 Å². The highest BCUT2D eigenvalue weighted by molar-refractivity contribution is 5.24. The van der Waals surface area contributed by atoms with E-state index in [4.69, 9.17) is 0 Å². The first-order chi connectivity index (χ1) is 7.69. The van der Waals surface area contributed by atoms with E-state index in [9.17, 15) is 5.11 Å². The zero-order chi connectivity index (χ0) is 12.0. The van der Waals surface area contributed by atoms with E-state index in [0.717, 1.165) is 31.2 Å². The standard InChI is InChI=1S/C15H24O/c1-4-7-13(8-5-2)15(16)14-10-6-9-12(3)11-14/h6,9-11,13,15-16H,4-5,7-8H2,1-3H3. The normalized spacial score (nSPS) is 13.1. The molecule has 0 aliphatic carbocycles. The van der Waals surface area contributed by atoms with Gasteiger partial charge in [-0.15, -0.1) is 0 Å². The van der Waals surface area contributed by atoms with Gasteiger partial charge in [-0.05, 0) is 31.2 Å². The number of rotatable bonds is 6. The Bertz CT molecular complexity index is 300. The first kappa shape index (κ1) is 13.2. The minimum atomic E-state index is -0.292. The van der Waals surface area contributed by atoms with Crippen LogP contribution >= 0.6 is 0 Å². The minimum absolute atomic E-state index is 0.292. The van der Waals surface area contributed by atoms with Gasteiger partial charge in [-0.3, -0.25) is 0 Å². The third-order valence-corrected chi connectivity index (χ3v) is 3.15. The fraction of sp³-hybridized carbons (Fsp3) is 0.600. The Morgan fingerprint density at radius 2 is 1.75 bits per heavy atom. The van der Waals surface area contributed by atoms with Gasteiger partial charge < -0.3 is 5.11 Å². The zero-order valence-corrected chi connectivity index (χ0v) is 10.7. The molecule has 0 aliphatic heterocycles. The lowest BCUT2D eigenvalue weighted by Crippen LogP contribution is -2.12. The molecule has 0 spiro atoms. The second-order valence-electron chi connectivity index (χ2n) is 4.70. The van der Waals surface area contributed by atoms with Crippen LogP contribution in [0.5, 0.6) is 0 Å². The highest BCUT2D eigenvalue weighted by atomic mass is 16.3. The van der Waals surface area contributed by atoms with Gasteiger partial charge in [0.2, 0.25) is 0 Å². The van der Waals surface area contributed by atoms with E-state index < -0.39 is 0 Å². The van der Waals surface area contributed by atoms with Crippen LogP contribution in [-0.4, -0.2) is 5.11 Å². The summed E-state index contributed by atoms with van der Waals surface area (Å²) in [6, 6.07) is 8.24. The molecule has 90 valence electrons. The molecule has 16 heavy (non-hydrogen) atoms. The van der Waals surface area contributed by atoms with E-state index >= 15 is 0 Å². The van der Waals surface area contributed by atoms with Crippen molar-refractivity contribution in [3.63, 3.8) is 0 Å². The van der Waals surface area contributed by atoms with E-state index in [1.54, 1.807) is 0 Å². The topological polar surface area (TPSA) is 20.2 Å². The second kappa shape index (κ2) is 6.70. The summed E-state index contributed by atoms with van der Waals surface area (Å²) >= 11 is 0. The fourth-order valence-corrected chi connectivity index (χ4v) is 2.33. The SMILES string of the molecule is CCCC(CCC)C(O)c1cccc(C)c1. The predicted molar refractivity (Wildman–Crippen MR) is 69.4 cm³/mol. The van der Waals surface area contributed by atoms with Crippen LogP contribution < -0.4 is 0 Å². The number of aliphatic hydroxyl groups excluding tert-OH is 1. The number of benzene rings is 1. The summed E-state index contributed by atoms with van der Waals surface area (Å²) in [6.45, 7) is 6.45. The summed E-state index contributed by atoms with van der Waals surface area (Å²) in [4.78, 5) is 0. The molecule has 0 fully saturated rings. The average Bonchev–Trinajstić information content (AvgIpc) is 2.28. The summed E-state index contributed by atoms with van der Waals surface area (Å²) in [6.07, 6.45) is 4.23. The van der Waals surface area contributed by atoms with Crippen molar-refractivity contribution in [2.24, 2.45) is 5.92 Å². The molecule has 0 radical (unpaired) electrons. The van der Waals surface area contributed by atoms with E-state index in [1.807, 2.05) is 12.1 Å². The van der Waals surface area contributed by atoms with Crippen molar-refractivity contribution in [1.29, 1.82) is 0 Å². The predicted octanol–water partition coefficient (Wildman–Crippen LogP) is 4.24. The van der Waals surface area contributed by atoms with Gasteiger partial charge in [0.05, 0.1) is 6.10 Å². The van der Waals surface area contributed by atoms with Crippen molar-refractivity contribution in [2.75, 3.05) is 0 Å². The van der Waals surface area contributed by atoms with Gasteiger partial charge in [-0.25, -0.2) is 0 Å².